The molecule has 5 nitrogen and oxygen atoms in total. The number of halogens is 3. The predicted octanol–water partition coefficient (Wildman–Crippen LogP) is 5.65. The molecule has 0 bridgehead atoms. The van der Waals surface area contributed by atoms with E-state index in [1.165, 1.54) is 27.8 Å². The third-order valence-electron chi connectivity index (χ3n) is 5.82. The van der Waals surface area contributed by atoms with Crippen LogP contribution >= 0.6 is 22.9 Å². The minimum atomic E-state index is -4.31. The van der Waals surface area contributed by atoms with Crippen molar-refractivity contribution in [1.29, 1.82) is 0 Å². The molecule has 0 N–H and O–H groups in total. The van der Waals surface area contributed by atoms with Gasteiger partial charge in [0.05, 0.1) is 17.0 Å². The van der Waals surface area contributed by atoms with E-state index < -0.39 is 37.1 Å². The lowest BCUT2D eigenvalue weighted by molar-refractivity contribution is 0.0793. The standard InChI is InChI=1S/C23H23ClF2N2O3S2/c1-15(16-5-3-2-4-6-16)28-9-7-18(8-10-28)31-20-11-19(25)23(22(26)21(20)24)33(29,30)13-17-12-32-14-27-17/h2-6,11-12,14-15,18H,7-10,13H2,1H3/t15-/m1/s1. The lowest BCUT2D eigenvalue weighted by atomic mass is 10.0. The Labute approximate surface area is 200 Å². The van der Waals surface area contributed by atoms with Gasteiger partial charge in [-0.1, -0.05) is 41.9 Å². The third kappa shape index (κ3) is 5.37. The van der Waals surface area contributed by atoms with E-state index in [0.29, 0.717) is 12.8 Å². The molecule has 0 saturated carbocycles. The highest BCUT2D eigenvalue weighted by Gasteiger charge is 2.31. The summed E-state index contributed by atoms with van der Waals surface area (Å²) < 4.78 is 60.6. The average Bonchev–Trinajstić information content (AvgIpc) is 3.30. The van der Waals surface area contributed by atoms with Crippen molar-refractivity contribution in [1.82, 2.24) is 9.88 Å². The molecule has 0 unspecified atom stereocenters. The van der Waals surface area contributed by atoms with Gasteiger partial charge in [-0.05, 0) is 25.3 Å². The fourth-order valence-corrected chi connectivity index (χ4v) is 6.34. The second-order valence-corrected chi connectivity index (χ2v) is 11.0. The Morgan fingerprint density at radius 2 is 1.94 bits per heavy atom. The van der Waals surface area contributed by atoms with Crippen molar-refractivity contribution in [2.24, 2.45) is 0 Å². The highest BCUT2D eigenvalue weighted by molar-refractivity contribution is 7.90. The largest absolute Gasteiger partial charge is 0.489 e. The molecule has 1 aliphatic heterocycles. The summed E-state index contributed by atoms with van der Waals surface area (Å²) in [5.41, 5.74) is 2.89. The molecular weight excluding hydrogens is 490 g/mol. The first-order valence-electron chi connectivity index (χ1n) is 10.5. The first kappa shape index (κ1) is 24.1. The van der Waals surface area contributed by atoms with Crippen molar-refractivity contribution < 1.29 is 21.9 Å². The van der Waals surface area contributed by atoms with Crippen molar-refractivity contribution in [3.8, 4) is 5.75 Å². The molecule has 0 amide bonds. The van der Waals surface area contributed by atoms with Crippen LogP contribution in [0, 0.1) is 11.6 Å². The molecule has 176 valence electrons. The van der Waals surface area contributed by atoms with Gasteiger partial charge in [-0.25, -0.2) is 22.2 Å². The maximum Gasteiger partial charge on any atom is 0.189 e. The SMILES string of the molecule is C[C@H](c1ccccc1)N1CCC(Oc2cc(F)c(S(=O)(=O)Cc3cscn3)c(F)c2Cl)CC1. The Bertz CT molecular complexity index is 1200. The number of hydrogen-bond acceptors (Lipinski definition) is 6. The molecule has 1 saturated heterocycles. The van der Waals surface area contributed by atoms with Gasteiger partial charge in [0.2, 0.25) is 0 Å². The van der Waals surface area contributed by atoms with Crippen LogP contribution in [0.1, 0.15) is 37.1 Å². The normalized spacial score (nSPS) is 16.6. The number of ether oxygens (including phenoxy) is 1. The van der Waals surface area contributed by atoms with Crippen molar-refractivity contribution in [2.75, 3.05) is 13.1 Å². The summed E-state index contributed by atoms with van der Waals surface area (Å²) in [6.45, 7) is 3.65. The lowest BCUT2D eigenvalue weighted by Crippen LogP contribution is -2.39. The maximum atomic E-state index is 14.9. The number of piperidine rings is 1. The van der Waals surface area contributed by atoms with Crippen LogP contribution in [-0.4, -0.2) is 37.5 Å². The van der Waals surface area contributed by atoms with Gasteiger partial charge in [0.25, 0.3) is 0 Å². The lowest BCUT2D eigenvalue weighted by Gasteiger charge is -2.36. The van der Waals surface area contributed by atoms with Crippen LogP contribution in [0.4, 0.5) is 8.78 Å². The van der Waals surface area contributed by atoms with E-state index in [1.54, 1.807) is 0 Å². The van der Waals surface area contributed by atoms with Crippen LogP contribution in [-0.2, 0) is 15.6 Å². The summed E-state index contributed by atoms with van der Waals surface area (Å²) in [5, 5.41) is 0.977. The van der Waals surface area contributed by atoms with Crippen LogP contribution in [0.5, 0.6) is 5.75 Å². The zero-order valence-corrected chi connectivity index (χ0v) is 20.3. The molecule has 2 heterocycles. The van der Waals surface area contributed by atoms with Gasteiger partial charge in [0, 0.05) is 30.6 Å². The van der Waals surface area contributed by atoms with Crippen LogP contribution in [0.3, 0.4) is 0 Å². The minimum absolute atomic E-state index is 0.186. The Morgan fingerprint density at radius 3 is 2.58 bits per heavy atom. The van der Waals surface area contributed by atoms with Crippen molar-refractivity contribution >= 4 is 32.8 Å². The zero-order valence-electron chi connectivity index (χ0n) is 17.9. The Hall–Kier alpha value is -2.07. The van der Waals surface area contributed by atoms with Gasteiger partial charge >= 0.3 is 0 Å². The van der Waals surface area contributed by atoms with Gasteiger partial charge in [0.1, 0.15) is 27.6 Å². The fourth-order valence-electron chi connectivity index (χ4n) is 4.01. The topological polar surface area (TPSA) is 59.5 Å². The number of rotatable bonds is 7. The zero-order chi connectivity index (χ0) is 23.6. The summed E-state index contributed by atoms with van der Waals surface area (Å²) in [7, 11) is -4.31. The monoisotopic (exact) mass is 512 g/mol. The fraction of sp³-hybridized carbons (Fsp3) is 0.348. The molecule has 1 atom stereocenters. The van der Waals surface area contributed by atoms with Crippen molar-refractivity contribution in [2.45, 2.75) is 42.6 Å². The molecule has 0 aliphatic carbocycles. The molecule has 4 rings (SSSR count). The molecule has 10 heteroatoms. The Morgan fingerprint density at radius 1 is 1.24 bits per heavy atom. The first-order valence-corrected chi connectivity index (χ1v) is 13.5. The van der Waals surface area contributed by atoms with Gasteiger partial charge in [-0.2, -0.15) is 0 Å². The number of hydrogen-bond donors (Lipinski definition) is 0. The summed E-state index contributed by atoms with van der Waals surface area (Å²) in [6.07, 6.45) is 1.03. The minimum Gasteiger partial charge on any atom is -0.489 e. The molecule has 1 fully saturated rings. The van der Waals surface area contributed by atoms with E-state index >= 15 is 0 Å². The number of thiazole rings is 1. The molecule has 1 aliphatic rings. The summed E-state index contributed by atoms with van der Waals surface area (Å²) in [6, 6.07) is 11.3. The summed E-state index contributed by atoms with van der Waals surface area (Å²) in [5.74, 6) is -3.36. The molecule has 0 spiro atoms. The molecule has 33 heavy (non-hydrogen) atoms. The van der Waals surface area contributed by atoms with Gasteiger partial charge < -0.3 is 4.74 Å². The highest BCUT2D eigenvalue weighted by Crippen LogP contribution is 2.37. The molecular formula is C23H23ClF2N2O3S2. The van der Waals surface area contributed by atoms with Crippen LogP contribution in [0.2, 0.25) is 5.02 Å². The smallest absolute Gasteiger partial charge is 0.189 e. The van der Waals surface area contributed by atoms with Crippen molar-refractivity contribution in [3.05, 3.63) is 75.2 Å². The Balaban J connectivity index is 1.45. The summed E-state index contributed by atoms with van der Waals surface area (Å²) in [4.78, 5) is 5.14. The summed E-state index contributed by atoms with van der Waals surface area (Å²) >= 11 is 7.28. The number of sulfone groups is 1. The van der Waals surface area contributed by atoms with Crippen LogP contribution < -0.4 is 4.74 Å². The predicted molar refractivity (Wildman–Crippen MR) is 124 cm³/mol. The first-order chi connectivity index (χ1) is 15.8. The second-order valence-electron chi connectivity index (χ2n) is 7.99. The van der Waals surface area contributed by atoms with E-state index in [4.69, 9.17) is 16.3 Å². The van der Waals surface area contributed by atoms with E-state index in [1.807, 2.05) is 18.2 Å². The molecule has 2 aromatic carbocycles. The molecule has 1 aromatic heterocycles. The number of benzene rings is 2. The van der Waals surface area contributed by atoms with Gasteiger partial charge in [-0.15, -0.1) is 11.3 Å². The van der Waals surface area contributed by atoms with E-state index in [9.17, 15) is 17.2 Å². The van der Waals surface area contributed by atoms with E-state index in [0.717, 1.165) is 19.2 Å². The van der Waals surface area contributed by atoms with Gasteiger partial charge in [-0.3, -0.25) is 4.90 Å². The van der Waals surface area contributed by atoms with E-state index in [-0.39, 0.29) is 23.6 Å². The average molecular weight is 513 g/mol. The van der Waals surface area contributed by atoms with E-state index in [2.05, 4.69) is 28.9 Å². The number of aromatic nitrogens is 1. The maximum absolute atomic E-state index is 14.9. The quantitative estimate of drug-likeness (QED) is 0.383. The van der Waals surface area contributed by atoms with Crippen molar-refractivity contribution in [3.63, 3.8) is 0 Å². The van der Waals surface area contributed by atoms with Crippen LogP contribution in [0.25, 0.3) is 0 Å². The van der Waals surface area contributed by atoms with Gasteiger partial charge in [0.15, 0.2) is 15.7 Å². The second kappa shape index (κ2) is 10.0. The van der Waals surface area contributed by atoms with Crippen LogP contribution in [0.15, 0.2) is 52.2 Å². The molecule has 0 radical (unpaired) electrons. The third-order valence-corrected chi connectivity index (χ3v) is 8.47. The number of nitrogens with zero attached hydrogens (tertiary/aromatic N) is 2. The Kier molecular flexibility index (Phi) is 7.33. The highest BCUT2D eigenvalue weighted by atomic mass is 35.5. The number of likely N-dealkylation sites (tertiary alicyclic amines) is 1. The molecule has 3 aromatic rings.